The van der Waals surface area contributed by atoms with Crippen LogP contribution in [0.5, 0.6) is 0 Å². The highest BCUT2D eigenvalue weighted by atomic mass is 32.2. The standard InChI is InChI=1S/C13H14N2O2S/c1-3-8-14-11(16)13(2)12(17)15-9-6-4-5-7-10(9)18-13/h3-7H,1,8H2,2H3,(H,14,16)(H,15,17)/t13-/m0/s1. The Labute approximate surface area is 110 Å². The van der Waals surface area contributed by atoms with Crippen LogP contribution in [0.1, 0.15) is 6.92 Å². The molecule has 0 aliphatic carbocycles. The lowest BCUT2D eigenvalue weighted by atomic mass is 10.1. The predicted molar refractivity (Wildman–Crippen MR) is 72.5 cm³/mol. The molecule has 5 heteroatoms. The second kappa shape index (κ2) is 4.86. The van der Waals surface area contributed by atoms with Gasteiger partial charge in [-0.1, -0.05) is 30.0 Å². The normalized spacial score (nSPS) is 21.7. The number of amides is 2. The maximum Gasteiger partial charge on any atom is 0.250 e. The van der Waals surface area contributed by atoms with Crippen molar-refractivity contribution in [3.05, 3.63) is 36.9 Å². The van der Waals surface area contributed by atoms with Crippen molar-refractivity contribution in [1.29, 1.82) is 0 Å². The second-order valence-electron chi connectivity index (χ2n) is 4.08. The molecule has 4 nitrogen and oxygen atoms in total. The fourth-order valence-electron chi connectivity index (χ4n) is 1.65. The molecule has 18 heavy (non-hydrogen) atoms. The SMILES string of the molecule is C=CCNC(=O)[C@]1(C)Sc2ccccc2NC1=O. The summed E-state index contributed by atoms with van der Waals surface area (Å²) >= 11 is 1.27. The maximum absolute atomic E-state index is 12.1. The molecule has 0 saturated heterocycles. The van der Waals surface area contributed by atoms with E-state index in [0.29, 0.717) is 6.54 Å². The van der Waals surface area contributed by atoms with E-state index in [4.69, 9.17) is 0 Å². The summed E-state index contributed by atoms with van der Waals surface area (Å²) in [6.07, 6.45) is 1.58. The first-order valence-electron chi connectivity index (χ1n) is 5.56. The minimum Gasteiger partial charge on any atom is -0.351 e. The Bertz CT molecular complexity index is 515. The van der Waals surface area contributed by atoms with Crippen LogP contribution in [0.25, 0.3) is 0 Å². The number of benzene rings is 1. The van der Waals surface area contributed by atoms with Gasteiger partial charge in [0.1, 0.15) is 0 Å². The van der Waals surface area contributed by atoms with Gasteiger partial charge in [-0.15, -0.1) is 6.58 Å². The van der Waals surface area contributed by atoms with Crippen LogP contribution in [-0.4, -0.2) is 23.1 Å². The number of carbonyl (C=O) groups is 2. The topological polar surface area (TPSA) is 58.2 Å². The molecule has 0 fully saturated rings. The van der Waals surface area contributed by atoms with Gasteiger partial charge in [0, 0.05) is 11.4 Å². The van der Waals surface area contributed by atoms with Gasteiger partial charge in [0.25, 0.3) is 0 Å². The smallest absolute Gasteiger partial charge is 0.250 e. The molecule has 2 amide bonds. The highest BCUT2D eigenvalue weighted by molar-refractivity contribution is 8.02. The van der Waals surface area contributed by atoms with Crippen LogP contribution < -0.4 is 10.6 Å². The average molecular weight is 262 g/mol. The molecule has 0 aromatic heterocycles. The third-order valence-corrected chi connectivity index (χ3v) is 4.08. The van der Waals surface area contributed by atoms with E-state index in [1.807, 2.05) is 24.3 Å². The Morgan fingerprint density at radius 1 is 1.56 bits per heavy atom. The Morgan fingerprint density at radius 3 is 3.00 bits per heavy atom. The summed E-state index contributed by atoms with van der Waals surface area (Å²) in [5.41, 5.74) is 0.751. The zero-order valence-corrected chi connectivity index (χ0v) is 10.8. The highest BCUT2D eigenvalue weighted by Gasteiger charge is 2.45. The Balaban J connectivity index is 2.27. The minimum absolute atomic E-state index is 0.298. The fourth-order valence-corrected chi connectivity index (χ4v) is 2.77. The Hall–Kier alpha value is -1.75. The molecular formula is C13H14N2O2S. The Kier molecular flexibility index (Phi) is 3.43. The third kappa shape index (κ3) is 2.13. The monoisotopic (exact) mass is 262 g/mol. The molecule has 2 rings (SSSR count). The van der Waals surface area contributed by atoms with Crippen LogP contribution in [0.15, 0.2) is 41.8 Å². The van der Waals surface area contributed by atoms with E-state index in [-0.39, 0.29) is 11.8 Å². The van der Waals surface area contributed by atoms with Crippen molar-refractivity contribution >= 4 is 29.3 Å². The van der Waals surface area contributed by atoms with Crippen molar-refractivity contribution in [2.24, 2.45) is 0 Å². The molecule has 1 heterocycles. The molecular weight excluding hydrogens is 248 g/mol. The number of hydrogen-bond acceptors (Lipinski definition) is 3. The number of thioether (sulfide) groups is 1. The molecule has 1 aromatic carbocycles. The first kappa shape index (κ1) is 12.7. The van der Waals surface area contributed by atoms with E-state index in [1.165, 1.54) is 11.8 Å². The van der Waals surface area contributed by atoms with E-state index < -0.39 is 4.75 Å². The van der Waals surface area contributed by atoms with Crippen molar-refractivity contribution in [2.45, 2.75) is 16.6 Å². The van der Waals surface area contributed by atoms with Gasteiger partial charge < -0.3 is 10.6 Å². The van der Waals surface area contributed by atoms with Gasteiger partial charge in [0.2, 0.25) is 11.8 Å². The molecule has 0 bridgehead atoms. The molecule has 0 unspecified atom stereocenters. The summed E-state index contributed by atoms with van der Waals surface area (Å²) in [7, 11) is 0. The summed E-state index contributed by atoms with van der Waals surface area (Å²) in [5, 5.41) is 5.43. The van der Waals surface area contributed by atoms with Crippen molar-refractivity contribution in [2.75, 3.05) is 11.9 Å². The van der Waals surface area contributed by atoms with Crippen LogP contribution in [0.2, 0.25) is 0 Å². The zero-order chi connectivity index (χ0) is 13.2. The summed E-state index contributed by atoms with van der Waals surface area (Å²) in [6, 6.07) is 7.44. The Morgan fingerprint density at radius 2 is 2.28 bits per heavy atom. The molecule has 0 spiro atoms. The van der Waals surface area contributed by atoms with E-state index in [1.54, 1.807) is 13.0 Å². The molecule has 94 valence electrons. The van der Waals surface area contributed by atoms with Gasteiger partial charge >= 0.3 is 0 Å². The van der Waals surface area contributed by atoms with Crippen molar-refractivity contribution in [3.8, 4) is 0 Å². The molecule has 1 aromatic rings. The van der Waals surface area contributed by atoms with Crippen LogP contribution in [0, 0.1) is 0 Å². The molecule has 1 aliphatic heterocycles. The molecule has 0 radical (unpaired) electrons. The molecule has 0 saturated carbocycles. The number of hydrogen-bond donors (Lipinski definition) is 2. The molecule has 1 atom stereocenters. The van der Waals surface area contributed by atoms with Crippen LogP contribution in [0.4, 0.5) is 5.69 Å². The van der Waals surface area contributed by atoms with Crippen LogP contribution in [-0.2, 0) is 9.59 Å². The summed E-state index contributed by atoms with van der Waals surface area (Å²) in [4.78, 5) is 25.0. The summed E-state index contributed by atoms with van der Waals surface area (Å²) < 4.78 is -1.14. The van der Waals surface area contributed by atoms with Gasteiger partial charge in [-0.2, -0.15) is 0 Å². The van der Waals surface area contributed by atoms with E-state index >= 15 is 0 Å². The van der Waals surface area contributed by atoms with Crippen molar-refractivity contribution < 1.29 is 9.59 Å². The number of fused-ring (bicyclic) bond motifs is 1. The van der Waals surface area contributed by atoms with E-state index in [2.05, 4.69) is 17.2 Å². The zero-order valence-electron chi connectivity index (χ0n) is 10.0. The van der Waals surface area contributed by atoms with Crippen LogP contribution >= 0.6 is 11.8 Å². The first-order chi connectivity index (χ1) is 8.58. The average Bonchev–Trinajstić information content (AvgIpc) is 2.37. The summed E-state index contributed by atoms with van der Waals surface area (Å²) in [6.45, 7) is 5.51. The van der Waals surface area contributed by atoms with Gasteiger partial charge in [0.15, 0.2) is 4.75 Å². The quantitative estimate of drug-likeness (QED) is 0.645. The van der Waals surface area contributed by atoms with E-state index in [0.717, 1.165) is 10.6 Å². The van der Waals surface area contributed by atoms with Crippen LogP contribution in [0.3, 0.4) is 0 Å². The number of rotatable bonds is 3. The third-order valence-electron chi connectivity index (χ3n) is 2.72. The number of carbonyl (C=O) groups excluding carboxylic acids is 2. The lowest BCUT2D eigenvalue weighted by Crippen LogP contribution is -2.52. The maximum atomic E-state index is 12.1. The predicted octanol–water partition coefficient (Wildman–Crippen LogP) is 1.79. The van der Waals surface area contributed by atoms with Gasteiger partial charge in [-0.05, 0) is 19.1 Å². The summed E-state index contributed by atoms with van der Waals surface area (Å²) in [5.74, 6) is -0.604. The van der Waals surface area contributed by atoms with Crippen molar-refractivity contribution in [1.82, 2.24) is 5.32 Å². The lowest BCUT2D eigenvalue weighted by molar-refractivity contribution is -0.129. The second-order valence-corrected chi connectivity index (χ2v) is 5.54. The lowest BCUT2D eigenvalue weighted by Gasteiger charge is -2.31. The van der Waals surface area contributed by atoms with Gasteiger partial charge in [-0.3, -0.25) is 9.59 Å². The minimum atomic E-state index is -1.14. The first-order valence-corrected chi connectivity index (χ1v) is 6.38. The van der Waals surface area contributed by atoms with E-state index in [9.17, 15) is 9.59 Å². The number of anilines is 1. The number of para-hydroxylation sites is 1. The van der Waals surface area contributed by atoms with Gasteiger partial charge in [0.05, 0.1) is 5.69 Å². The van der Waals surface area contributed by atoms with Crippen molar-refractivity contribution in [3.63, 3.8) is 0 Å². The number of nitrogens with one attached hydrogen (secondary N) is 2. The fraction of sp³-hybridized carbons (Fsp3) is 0.231. The molecule has 2 N–H and O–H groups in total. The van der Waals surface area contributed by atoms with Gasteiger partial charge in [-0.25, -0.2) is 0 Å². The molecule has 1 aliphatic rings. The largest absolute Gasteiger partial charge is 0.351 e. The highest BCUT2D eigenvalue weighted by Crippen LogP contribution is 2.42.